The molecule has 11 heteroatoms. The fraction of sp³-hybridized carbons (Fsp3) is 0.579. The molecule has 3 aromatic rings. The van der Waals surface area contributed by atoms with E-state index in [4.69, 9.17) is 9.26 Å². The van der Waals surface area contributed by atoms with E-state index in [0.717, 1.165) is 37.4 Å². The van der Waals surface area contributed by atoms with Crippen LogP contribution in [0.15, 0.2) is 27.6 Å². The quantitative estimate of drug-likeness (QED) is 0.598. The Bertz CT molecular complexity index is 1150. The Balaban J connectivity index is 1.43. The van der Waals surface area contributed by atoms with Gasteiger partial charge in [-0.05, 0) is 37.8 Å². The number of hydrogen-bond acceptors (Lipinski definition) is 9. The van der Waals surface area contributed by atoms with Crippen LogP contribution in [-0.2, 0) is 20.2 Å². The van der Waals surface area contributed by atoms with E-state index >= 15 is 0 Å². The Hall–Kier alpha value is -1.95. The smallest absolute Gasteiger partial charge is 0.245 e. The maximum absolute atomic E-state index is 13.5. The van der Waals surface area contributed by atoms with Crippen LogP contribution in [0.5, 0.6) is 0 Å². The molecule has 0 saturated carbocycles. The number of aromatic nitrogens is 4. The van der Waals surface area contributed by atoms with Crippen molar-refractivity contribution < 1.29 is 17.7 Å². The van der Waals surface area contributed by atoms with Crippen molar-refractivity contribution in [3.05, 3.63) is 29.9 Å². The van der Waals surface area contributed by atoms with Gasteiger partial charge in [-0.25, -0.2) is 8.42 Å². The zero-order valence-corrected chi connectivity index (χ0v) is 18.3. The Morgan fingerprint density at radius 2 is 2.07 bits per heavy atom. The van der Waals surface area contributed by atoms with Crippen molar-refractivity contribution in [2.24, 2.45) is 0 Å². The van der Waals surface area contributed by atoms with Gasteiger partial charge >= 0.3 is 0 Å². The SMILES string of the molecule is CC1(c2noc(C3CCOCC3)n2)CCCN(S(=O)(=O)c2cccc3nsnc23)C1. The summed E-state index contributed by atoms with van der Waals surface area (Å²) >= 11 is 1.02. The molecule has 0 aliphatic carbocycles. The van der Waals surface area contributed by atoms with E-state index in [1.165, 1.54) is 4.31 Å². The number of ether oxygens (including phenoxy) is 1. The molecule has 1 unspecified atom stereocenters. The predicted octanol–water partition coefficient (Wildman–Crippen LogP) is 2.71. The summed E-state index contributed by atoms with van der Waals surface area (Å²) in [5.74, 6) is 1.42. The van der Waals surface area contributed by atoms with E-state index in [1.807, 2.05) is 6.92 Å². The summed E-state index contributed by atoms with van der Waals surface area (Å²) in [6.07, 6.45) is 3.26. The molecule has 2 aliphatic heterocycles. The second kappa shape index (κ2) is 7.63. The van der Waals surface area contributed by atoms with E-state index in [-0.39, 0.29) is 10.8 Å². The van der Waals surface area contributed by atoms with Crippen LogP contribution in [0.3, 0.4) is 0 Å². The molecule has 1 atom stereocenters. The molecule has 0 spiro atoms. The largest absolute Gasteiger partial charge is 0.381 e. The molecule has 2 aromatic heterocycles. The predicted molar refractivity (Wildman–Crippen MR) is 110 cm³/mol. The highest BCUT2D eigenvalue weighted by molar-refractivity contribution is 7.89. The van der Waals surface area contributed by atoms with E-state index in [9.17, 15) is 8.42 Å². The second-order valence-electron chi connectivity index (χ2n) is 8.23. The molecule has 5 rings (SSSR count). The summed E-state index contributed by atoms with van der Waals surface area (Å²) in [6.45, 7) is 4.16. The molecule has 9 nitrogen and oxygen atoms in total. The third-order valence-electron chi connectivity index (χ3n) is 6.08. The molecule has 0 radical (unpaired) electrons. The molecular weight excluding hydrogens is 426 g/mol. The number of benzene rings is 1. The summed E-state index contributed by atoms with van der Waals surface area (Å²) in [7, 11) is -3.72. The first-order chi connectivity index (χ1) is 14.5. The van der Waals surface area contributed by atoms with Gasteiger partial charge in [0.1, 0.15) is 15.9 Å². The minimum Gasteiger partial charge on any atom is -0.381 e. The van der Waals surface area contributed by atoms with Crippen molar-refractivity contribution >= 4 is 32.8 Å². The van der Waals surface area contributed by atoms with Gasteiger partial charge in [0.05, 0.1) is 11.7 Å². The van der Waals surface area contributed by atoms with Crippen molar-refractivity contribution in [2.75, 3.05) is 26.3 Å². The van der Waals surface area contributed by atoms with E-state index < -0.39 is 15.4 Å². The van der Waals surface area contributed by atoms with Gasteiger partial charge in [-0.1, -0.05) is 18.1 Å². The molecule has 1 aromatic carbocycles. The third kappa shape index (κ3) is 3.43. The molecule has 2 fully saturated rings. The Morgan fingerprint density at radius 3 is 2.90 bits per heavy atom. The van der Waals surface area contributed by atoms with Gasteiger partial charge < -0.3 is 9.26 Å². The minimum atomic E-state index is -3.72. The topological polar surface area (TPSA) is 111 Å². The Morgan fingerprint density at radius 1 is 1.23 bits per heavy atom. The van der Waals surface area contributed by atoms with Crippen LogP contribution in [0.2, 0.25) is 0 Å². The van der Waals surface area contributed by atoms with Crippen molar-refractivity contribution in [1.82, 2.24) is 23.2 Å². The molecule has 2 saturated heterocycles. The fourth-order valence-electron chi connectivity index (χ4n) is 4.30. The van der Waals surface area contributed by atoms with Crippen LogP contribution in [0, 0.1) is 0 Å². The standard InChI is InChI=1S/C19H23N5O4S2/c1-19(18-20-17(28-21-18)13-6-10-27-11-7-13)8-3-9-24(12-19)30(25,26)15-5-2-4-14-16(15)23-29-22-14/h2,4-5,13H,3,6-12H2,1H3. The summed E-state index contributed by atoms with van der Waals surface area (Å²) in [4.78, 5) is 4.89. The number of rotatable bonds is 4. The summed E-state index contributed by atoms with van der Waals surface area (Å²) in [6, 6.07) is 5.08. The lowest BCUT2D eigenvalue weighted by Crippen LogP contribution is -2.47. The first kappa shape index (κ1) is 20.0. The van der Waals surface area contributed by atoms with Crippen LogP contribution < -0.4 is 0 Å². The maximum atomic E-state index is 13.5. The summed E-state index contributed by atoms with van der Waals surface area (Å²) in [5.41, 5.74) is 0.517. The average Bonchev–Trinajstić information content (AvgIpc) is 3.44. The number of hydrogen-bond donors (Lipinski definition) is 0. The van der Waals surface area contributed by atoms with Gasteiger partial charge in [0.2, 0.25) is 15.9 Å². The molecule has 30 heavy (non-hydrogen) atoms. The van der Waals surface area contributed by atoms with Gasteiger partial charge in [0.15, 0.2) is 5.82 Å². The number of fused-ring (bicyclic) bond motifs is 1. The van der Waals surface area contributed by atoms with Crippen LogP contribution in [0.1, 0.15) is 50.2 Å². The Kier molecular flexibility index (Phi) is 5.08. The van der Waals surface area contributed by atoms with Gasteiger partial charge in [-0.15, -0.1) is 0 Å². The van der Waals surface area contributed by atoms with Crippen LogP contribution >= 0.6 is 11.7 Å². The maximum Gasteiger partial charge on any atom is 0.245 e. The number of nitrogens with zero attached hydrogens (tertiary/aromatic N) is 5. The monoisotopic (exact) mass is 449 g/mol. The second-order valence-corrected chi connectivity index (χ2v) is 10.7. The lowest BCUT2D eigenvalue weighted by atomic mass is 9.82. The lowest BCUT2D eigenvalue weighted by Gasteiger charge is -2.37. The molecule has 160 valence electrons. The van der Waals surface area contributed by atoms with Crippen molar-refractivity contribution in [3.8, 4) is 0 Å². The van der Waals surface area contributed by atoms with Gasteiger partial charge in [-0.2, -0.15) is 18.0 Å². The first-order valence-corrected chi connectivity index (χ1v) is 12.3. The van der Waals surface area contributed by atoms with Crippen molar-refractivity contribution in [3.63, 3.8) is 0 Å². The molecular formula is C19H23N5O4S2. The van der Waals surface area contributed by atoms with Gasteiger partial charge in [-0.3, -0.25) is 0 Å². The lowest BCUT2D eigenvalue weighted by molar-refractivity contribution is 0.0778. The van der Waals surface area contributed by atoms with E-state index in [1.54, 1.807) is 18.2 Å². The van der Waals surface area contributed by atoms with Crippen molar-refractivity contribution in [1.29, 1.82) is 0 Å². The van der Waals surface area contributed by atoms with E-state index in [2.05, 4.69) is 18.9 Å². The van der Waals surface area contributed by atoms with E-state index in [0.29, 0.717) is 49.1 Å². The molecule has 2 aliphatic rings. The molecule has 0 N–H and O–H groups in total. The third-order valence-corrected chi connectivity index (χ3v) is 8.50. The van der Waals surface area contributed by atoms with Gasteiger partial charge in [0.25, 0.3) is 0 Å². The molecule has 0 amide bonds. The average molecular weight is 450 g/mol. The van der Waals surface area contributed by atoms with Crippen LogP contribution in [0.4, 0.5) is 0 Å². The zero-order chi connectivity index (χ0) is 20.8. The van der Waals surface area contributed by atoms with Gasteiger partial charge in [0, 0.05) is 37.6 Å². The molecule has 0 bridgehead atoms. The normalized spacial score (nSPS) is 24.4. The zero-order valence-electron chi connectivity index (χ0n) is 16.7. The highest BCUT2D eigenvalue weighted by atomic mass is 32.2. The number of piperidine rings is 1. The van der Waals surface area contributed by atoms with Crippen molar-refractivity contribution in [2.45, 2.75) is 48.8 Å². The first-order valence-electron chi connectivity index (χ1n) is 10.1. The minimum absolute atomic E-state index is 0.203. The highest BCUT2D eigenvalue weighted by Crippen LogP contribution is 2.36. The summed E-state index contributed by atoms with van der Waals surface area (Å²) in [5, 5.41) is 4.25. The van der Waals surface area contributed by atoms with Crippen LogP contribution in [0.25, 0.3) is 11.0 Å². The molecule has 4 heterocycles. The number of sulfonamides is 1. The highest BCUT2D eigenvalue weighted by Gasteiger charge is 2.42. The summed E-state index contributed by atoms with van der Waals surface area (Å²) < 4.78 is 47.8. The fourth-order valence-corrected chi connectivity index (χ4v) is 6.65. The van der Waals surface area contributed by atoms with Crippen LogP contribution in [-0.4, -0.2) is 57.9 Å². The Labute approximate surface area is 178 Å².